The number of likely N-dealkylation sites (tertiary alicyclic amines) is 1. The smallest absolute Gasteiger partial charge is 0.369 e. The number of carbonyl (C=O) groups is 1. The molecule has 2 aliphatic heterocycles. The Bertz CT molecular complexity index is 726. The van der Waals surface area contributed by atoms with E-state index >= 15 is 0 Å². The number of nitrogens with two attached hydrogens (primary N) is 1. The molecular formula is C20H27F3N4O. The van der Waals surface area contributed by atoms with E-state index in [4.69, 9.17) is 5.73 Å². The van der Waals surface area contributed by atoms with E-state index in [2.05, 4.69) is 4.90 Å². The van der Waals surface area contributed by atoms with E-state index in [1.165, 1.54) is 12.1 Å². The Labute approximate surface area is 163 Å². The normalized spacial score (nSPS) is 25.6. The molecule has 1 aromatic carbocycles. The molecule has 3 aliphatic rings. The first-order valence-corrected chi connectivity index (χ1v) is 10.0. The summed E-state index contributed by atoms with van der Waals surface area (Å²) in [7, 11) is 0. The Morgan fingerprint density at radius 2 is 1.82 bits per heavy atom. The van der Waals surface area contributed by atoms with Crippen molar-refractivity contribution in [3.8, 4) is 0 Å². The molecule has 1 aliphatic carbocycles. The van der Waals surface area contributed by atoms with Gasteiger partial charge >= 0.3 is 6.18 Å². The van der Waals surface area contributed by atoms with E-state index in [9.17, 15) is 18.0 Å². The molecule has 1 saturated carbocycles. The van der Waals surface area contributed by atoms with E-state index in [-0.39, 0.29) is 5.91 Å². The first-order valence-electron chi connectivity index (χ1n) is 10.0. The standard InChI is InChI=1S/C20H27F3N4O/c21-20(22,23)15-3-1-4-16(13-15)25-9-11-26(12-10-25)17-5-2-8-27(14-17)18(28)19(24)6-7-19/h1,3-4,13,17H,2,5-12,14,24H2/t17-/m1/s1. The Morgan fingerprint density at radius 1 is 1.11 bits per heavy atom. The van der Waals surface area contributed by atoms with E-state index in [1.54, 1.807) is 6.07 Å². The monoisotopic (exact) mass is 396 g/mol. The Morgan fingerprint density at radius 3 is 2.46 bits per heavy atom. The fraction of sp³-hybridized carbons (Fsp3) is 0.650. The SMILES string of the molecule is NC1(C(=O)N2CCC[C@@H](N3CCN(c4cccc(C(F)(F)F)c4)CC3)C2)CC1. The van der Waals surface area contributed by atoms with E-state index in [1.807, 2.05) is 9.80 Å². The number of piperazine rings is 1. The van der Waals surface area contributed by atoms with Crippen molar-refractivity contribution in [2.75, 3.05) is 44.2 Å². The summed E-state index contributed by atoms with van der Waals surface area (Å²) in [6.45, 7) is 4.44. The lowest BCUT2D eigenvalue weighted by molar-refractivity contribution is -0.137. The minimum atomic E-state index is -4.32. The maximum atomic E-state index is 13.0. The van der Waals surface area contributed by atoms with Crippen molar-refractivity contribution in [2.24, 2.45) is 5.73 Å². The lowest BCUT2D eigenvalue weighted by Gasteiger charge is -2.44. The van der Waals surface area contributed by atoms with Crippen LogP contribution in [0.2, 0.25) is 0 Å². The fourth-order valence-corrected chi connectivity index (χ4v) is 4.32. The van der Waals surface area contributed by atoms with Crippen LogP contribution < -0.4 is 10.6 Å². The molecule has 1 aromatic rings. The van der Waals surface area contributed by atoms with Crippen LogP contribution in [-0.2, 0) is 11.0 Å². The highest BCUT2D eigenvalue weighted by Gasteiger charge is 2.49. The average Bonchev–Trinajstić information content (AvgIpc) is 3.46. The van der Waals surface area contributed by atoms with Crippen molar-refractivity contribution in [1.29, 1.82) is 0 Å². The van der Waals surface area contributed by atoms with Gasteiger partial charge in [-0.15, -0.1) is 0 Å². The quantitative estimate of drug-likeness (QED) is 0.852. The van der Waals surface area contributed by atoms with Gasteiger partial charge in [0.1, 0.15) is 0 Å². The molecule has 5 nitrogen and oxygen atoms in total. The molecule has 8 heteroatoms. The van der Waals surface area contributed by atoms with Crippen molar-refractivity contribution < 1.29 is 18.0 Å². The van der Waals surface area contributed by atoms with Gasteiger partial charge in [-0.1, -0.05) is 6.07 Å². The van der Waals surface area contributed by atoms with E-state index in [0.717, 1.165) is 51.4 Å². The van der Waals surface area contributed by atoms with Gasteiger partial charge in [-0.05, 0) is 43.9 Å². The second kappa shape index (κ2) is 7.22. The molecular weight excluding hydrogens is 369 g/mol. The summed E-state index contributed by atoms with van der Waals surface area (Å²) in [4.78, 5) is 18.8. The minimum absolute atomic E-state index is 0.0831. The van der Waals surface area contributed by atoms with Crippen LogP contribution in [0.15, 0.2) is 24.3 Å². The molecule has 2 N–H and O–H groups in total. The number of benzene rings is 1. The number of anilines is 1. The number of alkyl halides is 3. The zero-order valence-corrected chi connectivity index (χ0v) is 15.9. The van der Waals surface area contributed by atoms with Gasteiger partial charge in [-0.2, -0.15) is 13.2 Å². The van der Waals surface area contributed by atoms with E-state index < -0.39 is 17.3 Å². The van der Waals surface area contributed by atoms with Crippen molar-refractivity contribution in [3.05, 3.63) is 29.8 Å². The number of hydrogen-bond acceptors (Lipinski definition) is 4. The van der Waals surface area contributed by atoms with Crippen molar-refractivity contribution >= 4 is 11.6 Å². The molecule has 0 radical (unpaired) electrons. The molecule has 0 aromatic heterocycles. The second-order valence-electron chi connectivity index (χ2n) is 8.27. The van der Waals surface area contributed by atoms with Crippen LogP contribution in [0.4, 0.5) is 18.9 Å². The molecule has 28 heavy (non-hydrogen) atoms. The number of nitrogens with zero attached hydrogens (tertiary/aromatic N) is 3. The van der Waals surface area contributed by atoms with Gasteiger partial charge in [0.15, 0.2) is 0 Å². The summed E-state index contributed by atoms with van der Waals surface area (Å²) < 4.78 is 38.9. The summed E-state index contributed by atoms with van der Waals surface area (Å²) in [6, 6.07) is 5.85. The van der Waals surface area contributed by atoms with Gasteiger partial charge in [0, 0.05) is 51.0 Å². The van der Waals surface area contributed by atoms with Crippen molar-refractivity contribution in [3.63, 3.8) is 0 Å². The van der Waals surface area contributed by atoms with Crippen LogP contribution >= 0.6 is 0 Å². The number of piperidine rings is 1. The number of halogens is 3. The largest absolute Gasteiger partial charge is 0.416 e. The molecule has 154 valence electrons. The van der Waals surface area contributed by atoms with Gasteiger partial charge in [-0.3, -0.25) is 9.69 Å². The lowest BCUT2D eigenvalue weighted by atomic mass is 10.0. The third-order valence-electron chi connectivity index (χ3n) is 6.27. The first kappa shape index (κ1) is 19.5. The third-order valence-corrected chi connectivity index (χ3v) is 6.27. The van der Waals surface area contributed by atoms with Gasteiger partial charge in [0.25, 0.3) is 0 Å². The lowest BCUT2D eigenvalue weighted by Crippen LogP contribution is -2.58. The Kier molecular flexibility index (Phi) is 5.03. The highest BCUT2D eigenvalue weighted by molar-refractivity contribution is 5.89. The maximum absolute atomic E-state index is 13.0. The van der Waals surface area contributed by atoms with Crippen LogP contribution in [0.5, 0.6) is 0 Å². The number of rotatable bonds is 3. The summed E-state index contributed by atoms with van der Waals surface area (Å²) >= 11 is 0. The van der Waals surface area contributed by atoms with Gasteiger partial charge in [-0.25, -0.2) is 0 Å². The molecule has 4 rings (SSSR count). The Hall–Kier alpha value is -1.80. The van der Waals surface area contributed by atoms with Crippen LogP contribution in [-0.4, -0.2) is 66.6 Å². The molecule has 2 saturated heterocycles. The summed E-state index contributed by atoms with van der Waals surface area (Å²) in [6.07, 6.45) is -0.742. The van der Waals surface area contributed by atoms with Crippen molar-refractivity contribution in [1.82, 2.24) is 9.80 Å². The predicted molar refractivity (Wildman–Crippen MR) is 101 cm³/mol. The van der Waals surface area contributed by atoms with E-state index in [0.29, 0.717) is 31.4 Å². The highest BCUT2D eigenvalue weighted by Crippen LogP contribution is 2.35. The summed E-state index contributed by atoms with van der Waals surface area (Å²) in [5.74, 6) is 0.0831. The topological polar surface area (TPSA) is 52.8 Å². The number of carbonyl (C=O) groups excluding carboxylic acids is 1. The summed E-state index contributed by atoms with van der Waals surface area (Å²) in [5, 5.41) is 0. The zero-order chi connectivity index (χ0) is 19.9. The second-order valence-corrected chi connectivity index (χ2v) is 8.27. The van der Waals surface area contributed by atoms with Gasteiger partial charge < -0.3 is 15.5 Å². The van der Waals surface area contributed by atoms with Crippen LogP contribution in [0.25, 0.3) is 0 Å². The Balaban J connectivity index is 1.34. The third kappa shape index (κ3) is 3.98. The summed E-state index contributed by atoms with van der Waals surface area (Å²) in [5.41, 5.74) is 5.47. The van der Waals surface area contributed by atoms with Crippen LogP contribution in [0.3, 0.4) is 0 Å². The molecule has 1 amide bonds. The minimum Gasteiger partial charge on any atom is -0.369 e. The highest BCUT2D eigenvalue weighted by atomic mass is 19.4. The first-order chi connectivity index (χ1) is 13.3. The maximum Gasteiger partial charge on any atom is 0.416 e. The van der Waals surface area contributed by atoms with Crippen LogP contribution in [0, 0.1) is 0 Å². The molecule has 2 heterocycles. The van der Waals surface area contributed by atoms with Crippen molar-refractivity contribution in [2.45, 2.75) is 43.4 Å². The molecule has 0 bridgehead atoms. The average molecular weight is 396 g/mol. The molecule has 0 unspecified atom stereocenters. The molecule has 1 atom stereocenters. The number of hydrogen-bond donors (Lipinski definition) is 1. The predicted octanol–water partition coefficient (Wildman–Crippen LogP) is 2.31. The van der Waals surface area contributed by atoms with Gasteiger partial charge in [0.2, 0.25) is 5.91 Å². The molecule has 0 spiro atoms. The fourth-order valence-electron chi connectivity index (χ4n) is 4.32. The number of amides is 1. The molecule has 3 fully saturated rings. The zero-order valence-electron chi connectivity index (χ0n) is 15.9. The van der Waals surface area contributed by atoms with Gasteiger partial charge in [0.05, 0.1) is 11.1 Å². The van der Waals surface area contributed by atoms with Crippen LogP contribution in [0.1, 0.15) is 31.2 Å².